The molecule has 0 aliphatic rings. The normalized spacial score (nSPS) is 13.2. The lowest BCUT2D eigenvalue weighted by molar-refractivity contribution is -0.120. The first-order valence-electron chi connectivity index (χ1n) is 10.5. The van der Waals surface area contributed by atoms with E-state index in [4.69, 9.17) is 0 Å². The summed E-state index contributed by atoms with van der Waals surface area (Å²) in [5.74, 6) is 0.572. The summed E-state index contributed by atoms with van der Waals surface area (Å²) in [7, 11) is 0. The topological polar surface area (TPSA) is 81.3 Å². The van der Waals surface area contributed by atoms with Crippen LogP contribution in [-0.2, 0) is 11.3 Å². The first-order valence-corrected chi connectivity index (χ1v) is 11.4. The Bertz CT molecular complexity index is 1330. The molecule has 2 aromatic carbocycles. The van der Waals surface area contributed by atoms with Crippen molar-refractivity contribution in [1.82, 2.24) is 24.5 Å². The number of benzene rings is 2. The van der Waals surface area contributed by atoms with Crippen LogP contribution in [0.4, 0.5) is 0 Å². The standard InChI is InChI=1S/C24H25N5O2S/c1-4-14-28-22(31)19-12-8-9-13-20(19)29-23(28)26-27-24(29)32-17(3)21(30)25-15-16(2)18-10-6-5-7-11-18/h4-13,16-17H,1,14-15H2,2-3H3,(H,25,30). The van der Waals surface area contributed by atoms with Crippen LogP contribution in [0.3, 0.4) is 0 Å². The number of nitrogens with zero attached hydrogens (tertiary/aromatic N) is 4. The van der Waals surface area contributed by atoms with Gasteiger partial charge in [-0.3, -0.25) is 18.6 Å². The molecule has 0 saturated heterocycles. The van der Waals surface area contributed by atoms with E-state index in [-0.39, 0.29) is 22.6 Å². The minimum Gasteiger partial charge on any atom is -0.355 e. The molecule has 2 unspecified atom stereocenters. The average Bonchev–Trinajstić information content (AvgIpc) is 3.24. The van der Waals surface area contributed by atoms with Gasteiger partial charge in [0, 0.05) is 13.1 Å². The molecular formula is C24H25N5O2S. The van der Waals surface area contributed by atoms with Gasteiger partial charge >= 0.3 is 0 Å². The molecular weight excluding hydrogens is 422 g/mol. The van der Waals surface area contributed by atoms with Gasteiger partial charge in [-0.25, -0.2) is 0 Å². The van der Waals surface area contributed by atoms with E-state index in [1.807, 2.05) is 47.7 Å². The van der Waals surface area contributed by atoms with Crippen LogP contribution in [0.5, 0.6) is 0 Å². The maximum Gasteiger partial charge on any atom is 0.263 e. The van der Waals surface area contributed by atoms with Crippen molar-refractivity contribution in [2.75, 3.05) is 6.54 Å². The first kappa shape index (κ1) is 21.8. The van der Waals surface area contributed by atoms with Crippen molar-refractivity contribution in [3.8, 4) is 0 Å². The fourth-order valence-electron chi connectivity index (χ4n) is 3.61. The molecule has 0 bridgehead atoms. The molecule has 0 fully saturated rings. The van der Waals surface area contributed by atoms with Crippen LogP contribution in [0.2, 0.25) is 0 Å². The predicted molar refractivity (Wildman–Crippen MR) is 128 cm³/mol. The van der Waals surface area contributed by atoms with E-state index in [0.29, 0.717) is 34.9 Å². The molecule has 0 aliphatic carbocycles. The van der Waals surface area contributed by atoms with Gasteiger partial charge in [0.1, 0.15) is 0 Å². The lowest BCUT2D eigenvalue weighted by Crippen LogP contribution is -2.33. The maximum absolute atomic E-state index is 12.9. The third kappa shape index (κ3) is 4.18. The zero-order valence-electron chi connectivity index (χ0n) is 18.1. The molecule has 0 saturated carbocycles. The Kier molecular flexibility index (Phi) is 6.41. The van der Waals surface area contributed by atoms with E-state index in [0.717, 1.165) is 0 Å². The largest absolute Gasteiger partial charge is 0.355 e. The van der Waals surface area contributed by atoms with Crippen LogP contribution in [0.15, 0.2) is 77.2 Å². The van der Waals surface area contributed by atoms with E-state index >= 15 is 0 Å². The average molecular weight is 448 g/mol. The molecule has 1 N–H and O–H groups in total. The number of thioether (sulfide) groups is 1. The summed E-state index contributed by atoms with van der Waals surface area (Å²) in [6.07, 6.45) is 1.65. The zero-order chi connectivity index (χ0) is 22.7. The fraction of sp³-hybridized carbons (Fsp3) is 0.250. The number of amides is 1. The van der Waals surface area contributed by atoms with E-state index in [2.05, 4.69) is 41.1 Å². The van der Waals surface area contributed by atoms with E-state index in [1.54, 1.807) is 16.7 Å². The minimum absolute atomic E-state index is 0.0711. The molecule has 164 valence electrons. The van der Waals surface area contributed by atoms with Gasteiger partial charge in [0.25, 0.3) is 5.56 Å². The SMILES string of the molecule is C=CCn1c(=O)c2ccccc2n2c(SC(C)C(=O)NCC(C)c3ccccc3)nnc12. The number of rotatable bonds is 8. The van der Waals surface area contributed by atoms with Gasteiger partial charge in [-0.1, -0.05) is 67.2 Å². The van der Waals surface area contributed by atoms with Crippen LogP contribution in [0.25, 0.3) is 16.7 Å². The van der Waals surface area contributed by atoms with Crippen molar-refractivity contribution in [3.63, 3.8) is 0 Å². The van der Waals surface area contributed by atoms with Gasteiger partial charge in [-0.2, -0.15) is 0 Å². The van der Waals surface area contributed by atoms with E-state index in [1.165, 1.54) is 17.3 Å². The summed E-state index contributed by atoms with van der Waals surface area (Å²) in [6.45, 7) is 8.55. The highest BCUT2D eigenvalue weighted by Crippen LogP contribution is 2.25. The second-order valence-electron chi connectivity index (χ2n) is 7.66. The highest BCUT2D eigenvalue weighted by molar-refractivity contribution is 8.00. The summed E-state index contributed by atoms with van der Waals surface area (Å²) < 4.78 is 3.37. The molecule has 0 aliphatic heterocycles. The number of para-hydroxylation sites is 1. The molecule has 0 spiro atoms. The Morgan fingerprint density at radius 3 is 2.59 bits per heavy atom. The molecule has 4 rings (SSSR count). The van der Waals surface area contributed by atoms with Crippen LogP contribution in [0.1, 0.15) is 25.3 Å². The van der Waals surface area contributed by atoms with Crippen LogP contribution < -0.4 is 10.9 Å². The molecule has 1 amide bonds. The first-order chi connectivity index (χ1) is 15.5. The third-order valence-electron chi connectivity index (χ3n) is 5.39. The highest BCUT2D eigenvalue weighted by atomic mass is 32.2. The van der Waals surface area contributed by atoms with Crippen LogP contribution >= 0.6 is 11.8 Å². The molecule has 7 nitrogen and oxygen atoms in total. The quantitative estimate of drug-likeness (QED) is 0.330. The molecule has 32 heavy (non-hydrogen) atoms. The lowest BCUT2D eigenvalue weighted by atomic mass is 10.0. The van der Waals surface area contributed by atoms with E-state index < -0.39 is 0 Å². The minimum atomic E-state index is -0.385. The van der Waals surface area contributed by atoms with E-state index in [9.17, 15) is 9.59 Å². The van der Waals surface area contributed by atoms with Gasteiger partial charge < -0.3 is 5.32 Å². The maximum atomic E-state index is 12.9. The van der Waals surface area contributed by atoms with Crippen molar-refractivity contribution < 1.29 is 4.79 Å². The fourth-order valence-corrected chi connectivity index (χ4v) is 4.49. The number of hydrogen-bond acceptors (Lipinski definition) is 5. The summed E-state index contributed by atoms with van der Waals surface area (Å²) in [6, 6.07) is 17.4. The zero-order valence-corrected chi connectivity index (χ0v) is 18.9. The van der Waals surface area contributed by atoms with Crippen LogP contribution in [-0.4, -0.2) is 36.9 Å². The van der Waals surface area contributed by atoms with Gasteiger partial charge in [0.15, 0.2) is 5.16 Å². The summed E-state index contributed by atoms with van der Waals surface area (Å²) in [4.78, 5) is 25.7. The monoisotopic (exact) mass is 447 g/mol. The summed E-state index contributed by atoms with van der Waals surface area (Å²) in [5.41, 5.74) is 1.76. The van der Waals surface area contributed by atoms with Crippen LogP contribution in [0, 0.1) is 0 Å². The predicted octanol–water partition coefficient (Wildman–Crippen LogP) is 3.63. The van der Waals surface area contributed by atoms with Crippen molar-refractivity contribution >= 4 is 34.3 Å². The van der Waals surface area contributed by atoms with Crippen molar-refractivity contribution in [3.05, 3.63) is 83.2 Å². The molecule has 4 aromatic rings. The number of hydrogen-bond donors (Lipinski definition) is 1. The Hall–Kier alpha value is -3.39. The molecule has 8 heteroatoms. The Labute approximate surface area is 190 Å². The summed E-state index contributed by atoms with van der Waals surface area (Å²) in [5, 5.41) is 12.3. The van der Waals surface area contributed by atoms with Crippen molar-refractivity contribution in [2.45, 2.75) is 36.7 Å². The number of carbonyl (C=O) groups excluding carboxylic acids is 1. The van der Waals surface area contributed by atoms with Gasteiger partial charge in [0.2, 0.25) is 11.7 Å². The molecule has 2 heterocycles. The number of nitrogens with one attached hydrogen (secondary N) is 1. The third-order valence-corrected chi connectivity index (χ3v) is 6.44. The Balaban J connectivity index is 1.58. The number of fused-ring (bicyclic) bond motifs is 3. The molecule has 2 aromatic heterocycles. The molecule has 2 atom stereocenters. The number of allylic oxidation sites excluding steroid dienone is 1. The number of carbonyl (C=O) groups is 1. The second-order valence-corrected chi connectivity index (χ2v) is 8.96. The smallest absolute Gasteiger partial charge is 0.263 e. The highest BCUT2D eigenvalue weighted by Gasteiger charge is 2.21. The van der Waals surface area contributed by atoms with Gasteiger partial charge in [0.05, 0.1) is 16.2 Å². The second kappa shape index (κ2) is 9.40. The van der Waals surface area contributed by atoms with Crippen molar-refractivity contribution in [1.29, 1.82) is 0 Å². The Morgan fingerprint density at radius 1 is 1.12 bits per heavy atom. The molecule has 0 radical (unpaired) electrons. The number of aromatic nitrogens is 4. The summed E-state index contributed by atoms with van der Waals surface area (Å²) >= 11 is 1.32. The Morgan fingerprint density at radius 2 is 1.84 bits per heavy atom. The van der Waals surface area contributed by atoms with Gasteiger partial charge in [-0.05, 0) is 30.5 Å². The lowest BCUT2D eigenvalue weighted by Gasteiger charge is -2.16. The van der Waals surface area contributed by atoms with Crippen molar-refractivity contribution in [2.24, 2.45) is 0 Å². The van der Waals surface area contributed by atoms with Gasteiger partial charge in [-0.15, -0.1) is 16.8 Å².